The highest BCUT2D eigenvalue weighted by Crippen LogP contribution is 1.96. The van der Waals surface area contributed by atoms with Crippen LogP contribution in [0.25, 0.3) is 0 Å². The predicted molar refractivity (Wildman–Crippen MR) is 58.7 cm³/mol. The third-order valence-electron chi connectivity index (χ3n) is 2.05. The summed E-state index contributed by atoms with van der Waals surface area (Å²) in [5.74, 6) is 0.225. The first-order chi connectivity index (χ1) is 7.29. The van der Waals surface area contributed by atoms with Crippen LogP contribution in [0.4, 0.5) is 0 Å². The maximum atomic E-state index is 10.6. The van der Waals surface area contributed by atoms with Gasteiger partial charge in [-0.05, 0) is 25.5 Å². The van der Waals surface area contributed by atoms with E-state index in [1.165, 1.54) is 0 Å². The van der Waals surface area contributed by atoms with E-state index < -0.39 is 0 Å². The number of carbonyl (C=O) groups excluding carboxylic acids is 1. The van der Waals surface area contributed by atoms with Crippen LogP contribution in [0.15, 0.2) is 24.4 Å². The molecule has 0 aliphatic heterocycles. The number of carbonyl (C=O) groups is 1. The van der Waals surface area contributed by atoms with E-state index >= 15 is 0 Å². The van der Waals surface area contributed by atoms with Gasteiger partial charge in [0.2, 0.25) is 0 Å². The van der Waals surface area contributed by atoms with Crippen LogP contribution >= 0.6 is 0 Å². The number of hydrogen-bond acceptors (Lipinski definition) is 3. The van der Waals surface area contributed by atoms with Gasteiger partial charge in [0.15, 0.2) is 0 Å². The zero-order valence-electron chi connectivity index (χ0n) is 9.11. The van der Waals surface area contributed by atoms with Gasteiger partial charge in [-0.2, -0.15) is 0 Å². The molecule has 3 heteroatoms. The van der Waals surface area contributed by atoms with Gasteiger partial charge >= 0.3 is 0 Å². The minimum absolute atomic E-state index is 0.225. The average molecular weight is 207 g/mol. The van der Waals surface area contributed by atoms with Gasteiger partial charge in [0, 0.05) is 31.3 Å². The molecule has 1 heterocycles. The number of pyridine rings is 1. The molecule has 0 aliphatic rings. The fourth-order valence-corrected chi connectivity index (χ4v) is 1.25. The summed E-state index contributed by atoms with van der Waals surface area (Å²) in [4.78, 5) is 14.8. The summed E-state index contributed by atoms with van der Waals surface area (Å²) in [7, 11) is 0. The molecule has 3 nitrogen and oxygen atoms in total. The van der Waals surface area contributed by atoms with Crippen molar-refractivity contribution in [1.29, 1.82) is 0 Å². The van der Waals surface area contributed by atoms with E-state index in [0.717, 1.165) is 18.5 Å². The Balaban J connectivity index is 2.00. The Kier molecular flexibility index (Phi) is 5.63. The Morgan fingerprint density at radius 3 is 2.93 bits per heavy atom. The lowest BCUT2D eigenvalue weighted by molar-refractivity contribution is -0.117. The molecule has 0 aromatic carbocycles. The summed E-state index contributed by atoms with van der Waals surface area (Å²) >= 11 is 0. The minimum Gasteiger partial charge on any atom is -0.381 e. The SMILES string of the molecule is CC(=O)CCCOCCc1ccccn1. The summed E-state index contributed by atoms with van der Waals surface area (Å²) in [6.07, 6.45) is 4.05. The number of hydrogen-bond donors (Lipinski definition) is 0. The molecule has 0 atom stereocenters. The molecule has 0 unspecified atom stereocenters. The van der Waals surface area contributed by atoms with Crippen LogP contribution in [-0.2, 0) is 16.0 Å². The van der Waals surface area contributed by atoms with E-state index in [-0.39, 0.29) is 5.78 Å². The third kappa shape index (κ3) is 5.96. The summed E-state index contributed by atoms with van der Waals surface area (Å²) in [5.41, 5.74) is 1.05. The molecule has 0 amide bonds. The molecule has 0 aliphatic carbocycles. The molecule has 82 valence electrons. The number of ketones is 1. The van der Waals surface area contributed by atoms with Gasteiger partial charge in [-0.15, -0.1) is 0 Å². The van der Waals surface area contributed by atoms with Gasteiger partial charge in [0.1, 0.15) is 5.78 Å². The predicted octanol–water partition coefficient (Wildman–Crippen LogP) is 2.01. The first kappa shape index (κ1) is 11.9. The smallest absolute Gasteiger partial charge is 0.129 e. The van der Waals surface area contributed by atoms with Crippen LogP contribution in [-0.4, -0.2) is 24.0 Å². The van der Waals surface area contributed by atoms with Crippen LogP contribution in [0.1, 0.15) is 25.5 Å². The van der Waals surface area contributed by atoms with E-state index in [9.17, 15) is 4.79 Å². The van der Waals surface area contributed by atoms with Crippen molar-refractivity contribution in [3.8, 4) is 0 Å². The van der Waals surface area contributed by atoms with Gasteiger partial charge in [0.05, 0.1) is 6.61 Å². The summed E-state index contributed by atoms with van der Waals surface area (Å²) in [5, 5.41) is 0. The fourth-order valence-electron chi connectivity index (χ4n) is 1.25. The van der Waals surface area contributed by atoms with Gasteiger partial charge in [-0.25, -0.2) is 0 Å². The van der Waals surface area contributed by atoms with Crippen molar-refractivity contribution >= 4 is 5.78 Å². The van der Waals surface area contributed by atoms with Crippen LogP contribution in [0, 0.1) is 0 Å². The van der Waals surface area contributed by atoms with Gasteiger partial charge in [-0.3, -0.25) is 4.98 Å². The maximum Gasteiger partial charge on any atom is 0.129 e. The average Bonchev–Trinajstić information content (AvgIpc) is 2.24. The lowest BCUT2D eigenvalue weighted by Crippen LogP contribution is -2.02. The second kappa shape index (κ2) is 7.12. The fraction of sp³-hybridized carbons (Fsp3) is 0.500. The first-order valence-electron chi connectivity index (χ1n) is 5.26. The number of rotatable bonds is 7. The molecule has 1 rings (SSSR count). The van der Waals surface area contributed by atoms with Crippen molar-refractivity contribution in [2.45, 2.75) is 26.2 Å². The number of aromatic nitrogens is 1. The van der Waals surface area contributed by atoms with E-state index in [2.05, 4.69) is 4.98 Å². The second-order valence-electron chi connectivity index (χ2n) is 3.49. The highest BCUT2D eigenvalue weighted by atomic mass is 16.5. The van der Waals surface area contributed by atoms with Crippen molar-refractivity contribution in [1.82, 2.24) is 4.98 Å². The zero-order chi connectivity index (χ0) is 10.9. The second-order valence-corrected chi connectivity index (χ2v) is 3.49. The van der Waals surface area contributed by atoms with Crippen molar-refractivity contribution in [2.24, 2.45) is 0 Å². The highest BCUT2D eigenvalue weighted by Gasteiger charge is 1.95. The molecule has 0 radical (unpaired) electrons. The molecule has 0 N–H and O–H groups in total. The first-order valence-corrected chi connectivity index (χ1v) is 5.26. The van der Waals surface area contributed by atoms with Crippen LogP contribution < -0.4 is 0 Å². The van der Waals surface area contributed by atoms with Crippen molar-refractivity contribution in [3.05, 3.63) is 30.1 Å². The molecular formula is C12H17NO2. The van der Waals surface area contributed by atoms with E-state index in [1.807, 2.05) is 18.2 Å². The number of ether oxygens (including phenoxy) is 1. The van der Waals surface area contributed by atoms with E-state index in [4.69, 9.17) is 4.74 Å². The zero-order valence-corrected chi connectivity index (χ0v) is 9.11. The maximum absolute atomic E-state index is 10.6. The Labute approximate surface area is 90.5 Å². The molecule has 0 fully saturated rings. The third-order valence-corrected chi connectivity index (χ3v) is 2.05. The molecule has 1 aromatic rings. The van der Waals surface area contributed by atoms with Gasteiger partial charge in [0.25, 0.3) is 0 Å². The number of nitrogens with zero attached hydrogens (tertiary/aromatic N) is 1. The van der Waals surface area contributed by atoms with Crippen LogP contribution in [0.2, 0.25) is 0 Å². The Morgan fingerprint density at radius 1 is 1.40 bits per heavy atom. The van der Waals surface area contributed by atoms with Crippen molar-refractivity contribution in [3.63, 3.8) is 0 Å². The van der Waals surface area contributed by atoms with E-state index in [0.29, 0.717) is 19.6 Å². The molecule has 0 saturated heterocycles. The van der Waals surface area contributed by atoms with Crippen LogP contribution in [0.3, 0.4) is 0 Å². The van der Waals surface area contributed by atoms with Gasteiger partial charge in [-0.1, -0.05) is 6.07 Å². The van der Waals surface area contributed by atoms with Crippen molar-refractivity contribution < 1.29 is 9.53 Å². The lowest BCUT2D eigenvalue weighted by Gasteiger charge is -2.02. The monoisotopic (exact) mass is 207 g/mol. The lowest BCUT2D eigenvalue weighted by atomic mass is 10.2. The molecule has 0 bridgehead atoms. The Bertz CT molecular complexity index is 285. The normalized spacial score (nSPS) is 10.2. The largest absolute Gasteiger partial charge is 0.381 e. The summed E-state index contributed by atoms with van der Waals surface area (Å²) in [6, 6.07) is 5.86. The molecular weight excluding hydrogens is 190 g/mol. The van der Waals surface area contributed by atoms with Crippen LogP contribution in [0.5, 0.6) is 0 Å². The molecule has 1 aromatic heterocycles. The van der Waals surface area contributed by atoms with Gasteiger partial charge < -0.3 is 9.53 Å². The Morgan fingerprint density at radius 2 is 2.27 bits per heavy atom. The summed E-state index contributed by atoms with van der Waals surface area (Å²) < 4.78 is 5.40. The summed E-state index contributed by atoms with van der Waals surface area (Å²) in [6.45, 7) is 2.94. The van der Waals surface area contributed by atoms with Crippen molar-refractivity contribution in [2.75, 3.05) is 13.2 Å². The minimum atomic E-state index is 0.225. The molecule has 15 heavy (non-hydrogen) atoms. The van der Waals surface area contributed by atoms with E-state index in [1.54, 1.807) is 13.1 Å². The topological polar surface area (TPSA) is 39.2 Å². The number of Topliss-reactive ketones (excluding diaryl/α,β-unsaturated/α-hetero) is 1. The standard InChI is InChI=1S/C12H17NO2/c1-11(14)5-4-9-15-10-7-12-6-2-3-8-13-12/h2-3,6,8H,4-5,7,9-10H2,1H3. The molecule has 0 spiro atoms. The quantitative estimate of drug-likeness (QED) is 0.642. The molecule has 0 saturated carbocycles. The Hall–Kier alpha value is -1.22. The highest BCUT2D eigenvalue weighted by molar-refractivity contribution is 5.75.